The van der Waals surface area contributed by atoms with Gasteiger partial charge in [-0.1, -0.05) is 43.3 Å². The highest BCUT2D eigenvalue weighted by atomic mass is 32.2. The molecule has 0 saturated heterocycles. The standard InChI is InChI=1S/C23H19NO4S/c1-2-15-7-9-16(10-8-15)21-22(25)19-5-3-4-6-20(19)28-23(21)17-11-13-18(14-12-17)29(24,26)27/h3-14H,2H2,1H3,(H2,24,26,27). The van der Waals surface area contributed by atoms with Crippen LogP contribution in [0.3, 0.4) is 0 Å². The molecule has 0 bridgehead atoms. The summed E-state index contributed by atoms with van der Waals surface area (Å²) in [5, 5.41) is 5.68. The molecule has 0 saturated carbocycles. The lowest BCUT2D eigenvalue weighted by Crippen LogP contribution is -2.12. The fourth-order valence-electron chi connectivity index (χ4n) is 3.31. The molecule has 0 atom stereocenters. The third-order valence-corrected chi connectivity index (χ3v) is 5.82. The number of sulfonamides is 1. The Morgan fingerprint density at radius 3 is 2.10 bits per heavy atom. The number of benzene rings is 3. The molecule has 0 unspecified atom stereocenters. The Hall–Kier alpha value is -3.22. The average Bonchev–Trinajstić information content (AvgIpc) is 2.73. The Labute approximate surface area is 168 Å². The summed E-state index contributed by atoms with van der Waals surface area (Å²) >= 11 is 0. The van der Waals surface area contributed by atoms with E-state index in [0.29, 0.717) is 27.9 Å². The Morgan fingerprint density at radius 1 is 0.862 bits per heavy atom. The molecule has 0 fully saturated rings. The van der Waals surface area contributed by atoms with E-state index < -0.39 is 10.0 Å². The number of hydrogen-bond acceptors (Lipinski definition) is 4. The van der Waals surface area contributed by atoms with Gasteiger partial charge in [0.1, 0.15) is 11.3 Å². The van der Waals surface area contributed by atoms with Crippen LogP contribution in [-0.4, -0.2) is 8.42 Å². The number of fused-ring (bicyclic) bond motifs is 1. The number of rotatable bonds is 4. The third-order valence-electron chi connectivity index (χ3n) is 4.89. The SMILES string of the molecule is CCc1ccc(-c2c(-c3ccc(S(N)(=O)=O)cc3)oc3ccccc3c2=O)cc1. The zero-order valence-electron chi connectivity index (χ0n) is 15.8. The summed E-state index contributed by atoms with van der Waals surface area (Å²) in [6, 6.07) is 20.8. The molecule has 5 nitrogen and oxygen atoms in total. The highest BCUT2D eigenvalue weighted by molar-refractivity contribution is 7.89. The molecular formula is C23H19NO4S. The van der Waals surface area contributed by atoms with Crippen LogP contribution in [0.15, 0.2) is 86.9 Å². The van der Waals surface area contributed by atoms with Crippen LogP contribution < -0.4 is 10.6 Å². The van der Waals surface area contributed by atoms with Crippen molar-refractivity contribution in [1.82, 2.24) is 0 Å². The second-order valence-electron chi connectivity index (χ2n) is 6.75. The highest BCUT2D eigenvalue weighted by Crippen LogP contribution is 2.33. The maximum absolute atomic E-state index is 13.3. The zero-order chi connectivity index (χ0) is 20.6. The maximum atomic E-state index is 13.3. The van der Waals surface area contributed by atoms with Crippen molar-refractivity contribution in [3.8, 4) is 22.5 Å². The van der Waals surface area contributed by atoms with E-state index in [-0.39, 0.29) is 10.3 Å². The molecule has 2 N–H and O–H groups in total. The molecule has 1 aromatic heterocycles. The Morgan fingerprint density at radius 2 is 1.48 bits per heavy atom. The van der Waals surface area contributed by atoms with Gasteiger partial charge in [-0.3, -0.25) is 4.79 Å². The number of nitrogens with two attached hydrogens (primary N) is 1. The topological polar surface area (TPSA) is 90.4 Å². The molecule has 0 aliphatic heterocycles. The van der Waals surface area contributed by atoms with Gasteiger partial charge in [0.2, 0.25) is 15.5 Å². The Balaban J connectivity index is 2.00. The first-order chi connectivity index (χ1) is 13.9. The molecule has 0 amide bonds. The fourth-order valence-corrected chi connectivity index (χ4v) is 3.83. The zero-order valence-corrected chi connectivity index (χ0v) is 16.6. The molecule has 6 heteroatoms. The lowest BCUT2D eigenvalue weighted by molar-refractivity contribution is 0.597. The molecule has 0 aliphatic rings. The summed E-state index contributed by atoms with van der Waals surface area (Å²) in [6.45, 7) is 2.07. The average molecular weight is 405 g/mol. The molecule has 0 spiro atoms. The van der Waals surface area contributed by atoms with Crippen LogP contribution in [-0.2, 0) is 16.4 Å². The van der Waals surface area contributed by atoms with Crippen molar-refractivity contribution >= 4 is 21.0 Å². The van der Waals surface area contributed by atoms with E-state index in [1.54, 1.807) is 36.4 Å². The van der Waals surface area contributed by atoms with Crippen molar-refractivity contribution in [1.29, 1.82) is 0 Å². The van der Waals surface area contributed by atoms with Crippen molar-refractivity contribution in [2.24, 2.45) is 5.14 Å². The van der Waals surface area contributed by atoms with Crippen molar-refractivity contribution < 1.29 is 12.8 Å². The second-order valence-corrected chi connectivity index (χ2v) is 8.31. The summed E-state index contributed by atoms with van der Waals surface area (Å²) < 4.78 is 29.2. The molecule has 0 radical (unpaired) electrons. The van der Waals surface area contributed by atoms with Gasteiger partial charge in [-0.25, -0.2) is 13.6 Å². The van der Waals surface area contributed by atoms with Gasteiger partial charge in [-0.05, 0) is 53.9 Å². The quantitative estimate of drug-likeness (QED) is 0.547. The minimum Gasteiger partial charge on any atom is -0.455 e. The van der Waals surface area contributed by atoms with Crippen LogP contribution in [0.1, 0.15) is 12.5 Å². The summed E-state index contributed by atoms with van der Waals surface area (Å²) in [5.41, 5.74) is 3.27. The van der Waals surface area contributed by atoms with Gasteiger partial charge in [0.05, 0.1) is 15.8 Å². The summed E-state index contributed by atoms with van der Waals surface area (Å²) in [5.74, 6) is 0.388. The highest BCUT2D eigenvalue weighted by Gasteiger charge is 2.18. The molecular weight excluding hydrogens is 386 g/mol. The minimum atomic E-state index is -3.81. The van der Waals surface area contributed by atoms with Crippen molar-refractivity contribution in [3.05, 3.63) is 88.6 Å². The molecule has 29 heavy (non-hydrogen) atoms. The normalized spacial score (nSPS) is 11.7. The van der Waals surface area contributed by atoms with Gasteiger partial charge >= 0.3 is 0 Å². The van der Waals surface area contributed by atoms with E-state index in [1.165, 1.54) is 12.1 Å². The fraction of sp³-hybridized carbons (Fsp3) is 0.0870. The third kappa shape index (κ3) is 3.60. The first-order valence-corrected chi connectivity index (χ1v) is 10.7. The predicted molar refractivity (Wildman–Crippen MR) is 114 cm³/mol. The van der Waals surface area contributed by atoms with E-state index in [1.807, 2.05) is 24.3 Å². The first kappa shape index (κ1) is 19.1. The second kappa shape index (κ2) is 7.31. The van der Waals surface area contributed by atoms with E-state index in [0.717, 1.165) is 17.5 Å². The molecule has 4 rings (SSSR count). The van der Waals surface area contributed by atoms with Gasteiger partial charge in [-0.15, -0.1) is 0 Å². The van der Waals surface area contributed by atoms with Gasteiger partial charge in [0, 0.05) is 5.56 Å². The lowest BCUT2D eigenvalue weighted by atomic mass is 9.97. The largest absolute Gasteiger partial charge is 0.455 e. The molecule has 0 aliphatic carbocycles. The van der Waals surface area contributed by atoms with Gasteiger partial charge in [-0.2, -0.15) is 0 Å². The molecule has 3 aromatic carbocycles. The van der Waals surface area contributed by atoms with Crippen LogP contribution in [0.2, 0.25) is 0 Å². The van der Waals surface area contributed by atoms with Crippen molar-refractivity contribution in [3.63, 3.8) is 0 Å². The predicted octanol–water partition coefficient (Wildman–Crippen LogP) is 4.34. The summed E-state index contributed by atoms with van der Waals surface area (Å²) in [7, 11) is -3.81. The number of para-hydroxylation sites is 1. The summed E-state index contributed by atoms with van der Waals surface area (Å²) in [4.78, 5) is 13.3. The smallest absolute Gasteiger partial charge is 0.238 e. The maximum Gasteiger partial charge on any atom is 0.238 e. The van der Waals surface area contributed by atoms with E-state index >= 15 is 0 Å². The number of hydrogen-bond donors (Lipinski definition) is 1. The first-order valence-electron chi connectivity index (χ1n) is 9.17. The van der Waals surface area contributed by atoms with Crippen molar-refractivity contribution in [2.45, 2.75) is 18.2 Å². The van der Waals surface area contributed by atoms with Crippen molar-refractivity contribution in [2.75, 3.05) is 0 Å². The van der Waals surface area contributed by atoms with E-state index in [4.69, 9.17) is 9.56 Å². The van der Waals surface area contributed by atoms with Crippen LogP contribution in [0, 0.1) is 0 Å². The summed E-state index contributed by atoms with van der Waals surface area (Å²) in [6.07, 6.45) is 0.897. The van der Waals surface area contributed by atoms with Crippen LogP contribution in [0.5, 0.6) is 0 Å². The van der Waals surface area contributed by atoms with Gasteiger partial charge in [0.15, 0.2) is 0 Å². The Kier molecular flexibility index (Phi) is 4.82. The van der Waals surface area contributed by atoms with Crippen LogP contribution in [0.4, 0.5) is 0 Å². The molecule has 146 valence electrons. The monoisotopic (exact) mass is 405 g/mol. The molecule has 1 heterocycles. The Bertz CT molecular complexity index is 1350. The van der Waals surface area contributed by atoms with E-state index in [2.05, 4.69) is 6.92 Å². The number of primary sulfonamides is 1. The van der Waals surface area contributed by atoms with Crippen LogP contribution >= 0.6 is 0 Å². The van der Waals surface area contributed by atoms with E-state index in [9.17, 15) is 13.2 Å². The number of aryl methyl sites for hydroxylation is 1. The van der Waals surface area contributed by atoms with Crippen LogP contribution in [0.25, 0.3) is 33.4 Å². The van der Waals surface area contributed by atoms with Gasteiger partial charge < -0.3 is 4.42 Å². The van der Waals surface area contributed by atoms with Gasteiger partial charge in [0.25, 0.3) is 0 Å². The minimum absolute atomic E-state index is 0.00163. The molecule has 4 aromatic rings. The lowest BCUT2D eigenvalue weighted by Gasteiger charge is -2.11.